The number of rotatable bonds is 4. The second-order valence-electron chi connectivity index (χ2n) is 3.98. The lowest BCUT2D eigenvalue weighted by atomic mass is 10.2. The van der Waals surface area contributed by atoms with Crippen LogP contribution in [-0.4, -0.2) is 15.4 Å². The fourth-order valence-electron chi connectivity index (χ4n) is 2.02. The molecule has 4 nitrogen and oxygen atoms in total. The molecule has 0 aliphatic rings. The van der Waals surface area contributed by atoms with Crippen LogP contribution < -0.4 is 0 Å². The van der Waals surface area contributed by atoms with Crippen molar-refractivity contribution >= 4 is 28.2 Å². The molecular formula is C12H13ClN2O2. The van der Waals surface area contributed by atoms with Crippen molar-refractivity contribution in [1.82, 2.24) is 4.57 Å². The summed E-state index contributed by atoms with van der Waals surface area (Å²) in [5.74, 6) is 0.617. The lowest BCUT2D eigenvalue weighted by Gasteiger charge is -2.06. The van der Waals surface area contributed by atoms with E-state index < -0.39 is 0 Å². The van der Waals surface area contributed by atoms with Gasteiger partial charge in [0.05, 0.1) is 4.92 Å². The number of alkyl halides is 1. The van der Waals surface area contributed by atoms with Gasteiger partial charge in [0.2, 0.25) is 0 Å². The predicted molar refractivity (Wildman–Crippen MR) is 68.7 cm³/mol. The highest BCUT2D eigenvalue weighted by Crippen LogP contribution is 2.24. The molecule has 0 fully saturated rings. The van der Waals surface area contributed by atoms with Crippen LogP contribution in [0.5, 0.6) is 0 Å². The largest absolute Gasteiger partial charge is 0.345 e. The smallest absolute Gasteiger partial charge is 0.270 e. The van der Waals surface area contributed by atoms with Crippen molar-refractivity contribution in [2.45, 2.75) is 19.9 Å². The van der Waals surface area contributed by atoms with E-state index >= 15 is 0 Å². The Labute approximate surface area is 104 Å². The van der Waals surface area contributed by atoms with Crippen molar-refractivity contribution in [3.8, 4) is 0 Å². The number of nitrogens with zero attached hydrogens (tertiary/aromatic N) is 2. The number of hydrogen-bond donors (Lipinski definition) is 0. The van der Waals surface area contributed by atoms with Gasteiger partial charge >= 0.3 is 0 Å². The molecule has 0 unspecified atom stereocenters. The van der Waals surface area contributed by atoms with E-state index in [0.717, 1.165) is 29.6 Å². The number of non-ortho nitro benzene ring substituents is 1. The summed E-state index contributed by atoms with van der Waals surface area (Å²) in [6.07, 6.45) is 0.892. The molecular weight excluding hydrogens is 240 g/mol. The zero-order valence-corrected chi connectivity index (χ0v) is 10.3. The molecule has 0 aliphatic heterocycles. The van der Waals surface area contributed by atoms with Crippen LogP contribution in [-0.2, 0) is 6.54 Å². The van der Waals surface area contributed by atoms with Crippen LogP contribution in [0.2, 0.25) is 0 Å². The molecule has 0 spiro atoms. The molecule has 0 aliphatic carbocycles. The summed E-state index contributed by atoms with van der Waals surface area (Å²) in [5.41, 5.74) is 2.26. The third-order valence-corrected chi connectivity index (χ3v) is 3.09. The van der Waals surface area contributed by atoms with E-state index in [1.54, 1.807) is 18.2 Å². The van der Waals surface area contributed by atoms with Crippen LogP contribution in [0.3, 0.4) is 0 Å². The Kier molecular flexibility index (Phi) is 3.33. The summed E-state index contributed by atoms with van der Waals surface area (Å²) >= 11 is 5.69. The standard InChI is InChI=1S/C12H13ClN2O2/c1-9-7-10-8-11(15(16)17)3-4-12(10)14(9)6-2-5-13/h3-4,7-8H,2,5-6H2,1H3. The van der Waals surface area contributed by atoms with Crippen LogP contribution in [0.1, 0.15) is 12.1 Å². The second kappa shape index (κ2) is 4.75. The monoisotopic (exact) mass is 252 g/mol. The number of nitro groups is 1. The zero-order chi connectivity index (χ0) is 12.4. The van der Waals surface area contributed by atoms with E-state index in [2.05, 4.69) is 4.57 Å². The Bertz CT molecular complexity index is 563. The fourth-order valence-corrected chi connectivity index (χ4v) is 2.14. The van der Waals surface area contributed by atoms with E-state index in [4.69, 9.17) is 11.6 Å². The van der Waals surface area contributed by atoms with Gasteiger partial charge in [-0.15, -0.1) is 11.6 Å². The van der Waals surface area contributed by atoms with Crippen molar-refractivity contribution in [2.24, 2.45) is 0 Å². The average Bonchev–Trinajstić information content (AvgIpc) is 2.61. The SMILES string of the molecule is Cc1cc2cc([N+](=O)[O-])ccc2n1CCCCl. The van der Waals surface area contributed by atoms with Gasteiger partial charge in [0, 0.05) is 41.2 Å². The summed E-state index contributed by atoms with van der Waals surface area (Å²) in [5, 5.41) is 11.6. The first-order valence-electron chi connectivity index (χ1n) is 5.43. The minimum absolute atomic E-state index is 0.131. The summed E-state index contributed by atoms with van der Waals surface area (Å²) in [6, 6.07) is 6.92. The van der Waals surface area contributed by atoms with Crippen LogP contribution in [0.4, 0.5) is 5.69 Å². The topological polar surface area (TPSA) is 48.1 Å². The highest BCUT2D eigenvalue weighted by atomic mass is 35.5. The number of halogens is 1. The number of hydrogen-bond acceptors (Lipinski definition) is 2. The quantitative estimate of drug-likeness (QED) is 0.475. The summed E-state index contributed by atoms with van der Waals surface area (Å²) < 4.78 is 2.14. The molecule has 1 aromatic carbocycles. The lowest BCUT2D eigenvalue weighted by Crippen LogP contribution is -2.00. The van der Waals surface area contributed by atoms with E-state index in [0.29, 0.717) is 5.88 Å². The van der Waals surface area contributed by atoms with Gasteiger partial charge in [0.25, 0.3) is 5.69 Å². The van der Waals surface area contributed by atoms with Crippen molar-refractivity contribution in [3.05, 3.63) is 40.1 Å². The molecule has 5 heteroatoms. The molecule has 0 atom stereocenters. The van der Waals surface area contributed by atoms with Crippen LogP contribution in [0, 0.1) is 17.0 Å². The molecule has 0 saturated carbocycles. The maximum atomic E-state index is 10.7. The second-order valence-corrected chi connectivity index (χ2v) is 4.36. The lowest BCUT2D eigenvalue weighted by molar-refractivity contribution is -0.384. The molecule has 90 valence electrons. The molecule has 1 aromatic heterocycles. The molecule has 0 radical (unpaired) electrons. The third-order valence-electron chi connectivity index (χ3n) is 2.82. The van der Waals surface area contributed by atoms with Crippen molar-refractivity contribution in [1.29, 1.82) is 0 Å². The summed E-state index contributed by atoms with van der Waals surface area (Å²) in [6.45, 7) is 2.84. The highest BCUT2D eigenvalue weighted by molar-refractivity contribution is 6.17. The van der Waals surface area contributed by atoms with Crippen LogP contribution in [0.15, 0.2) is 24.3 Å². The number of fused-ring (bicyclic) bond motifs is 1. The van der Waals surface area contributed by atoms with Gasteiger partial charge in [-0.05, 0) is 25.5 Å². The minimum atomic E-state index is -0.370. The minimum Gasteiger partial charge on any atom is -0.345 e. The first kappa shape index (κ1) is 11.9. The zero-order valence-electron chi connectivity index (χ0n) is 9.52. The van der Waals surface area contributed by atoms with Gasteiger partial charge in [-0.3, -0.25) is 10.1 Å². The van der Waals surface area contributed by atoms with Gasteiger partial charge in [0.15, 0.2) is 0 Å². The Morgan fingerprint density at radius 2 is 2.18 bits per heavy atom. The normalized spacial score (nSPS) is 10.9. The Morgan fingerprint density at radius 3 is 2.82 bits per heavy atom. The van der Waals surface area contributed by atoms with Gasteiger partial charge in [-0.2, -0.15) is 0 Å². The number of nitro benzene ring substituents is 1. The molecule has 0 bridgehead atoms. The Hall–Kier alpha value is -1.55. The number of aromatic nitrogens is 1. The van der Waals surface area contributed by atoms with E-state index in [1.165, 1.54) is 0 Å². The van der Waals surface area contributed by atoms with Crippen LogP contribution in [0.25, 0.3) is 10.9 Å². The first-order chi connectivity index (χ1) is 8.13. The Morgan fingerprint density at radius 1 is 1.41 bits per heavy atom. The summed E-state index contributed by atoms with van der Waals surface area (Å²) in [4.78, 5) is 10.3. The van der Waals surface area contributed by atoms with Crippen molar-refractivity contribution < 1.29 is 4.92 Å². The number of aryl methyl sites for hydroxylation is 2. The van der Waals surface area contributed by atoms with E-state index in [-0.39, 0.29) is 10.6 Å². The molecule has 2 rings (SSSR count). The Balaban J connectivity index is 2.48. The first-order valence-corrected chi connectivity index (χ1v) is 5.97. The molecule has 17 heavy (non-hydrogen) atoms. The highest BCUT2D eigenvalue weighted by Gasteiger charge is 2.10. The molecule has 1 heterocycles. The van der Waals surface area contributed by atoms with Crippen molar-refractivity contribution in [2.75, 3.05) is 5.88 Å². The molecule has 0 saturated heterocycles. The van der Waals surface area contributed by atoms with Gasteiger partial charge < -0.3 is 4.57 Å². The van der Waals surface area contributed by atoms with Gasteiger partial charge in [0.1, 0.15) is 0 Å². The predicted octanol–water partition coefficient (Wildman–Crippen LogP) is 3.49. The van der Waals surface area contributed by atoms with E-state index in [9.17, 15) is 10.1 Å². The van der Waals surface area contributed by atoms with Gasteiger partial charge in [-0.1, -0.05) is 0 Å². The molecule has 2 aromatic rings. The molecule has 0 amide bonds. The van der Waals surface area contributed by atoms with Crippen molar-refractivity contribution in [3.63, 3.8) is 0 Å². The maximum absolute atomic E-state index is 10.7. The van der Waals surface area contributed by atoms with Crippen LogP contribution >= 0.6 is 11.6 Å². The molecule has 0 N–H and O–H groups in total. The summed E-state index contributed by atoms with van der Waals surface area (Å²) in [7, 11) is 0. The maximum Gasteiger partial charge on any atom is 0.270 e. The fraction of sp³-hybridized carbons (Fsp3) is 0.333. The average molecular weight is 253 g/mol. The van der Waals surface area contributed by atoms with Gasteiger partial charge in [-0.25, -0.2) is 0 Å². The number of benzene rings is 1. The van der Waals surface area contributed by atoms with E-state index in [1.807, 2.05) is 13.0 Å². The third kappa shape index (κ3) is 2.26.